The van der Waals surface area contributed by atoms with Crippen LogP contribution in [0.25, 0.3) is 0 Å². The molecule has 0 fully saturated rings. The molecule has 0 unspecified atom stereocenters. The van der Waals surface area contributed by atoms with Crippen LogP contribution in [0.5, 0.6) is 0 Å². The Balaban J connectivity index is 3.21. The minimum atomic E-state index is -4.28. The second-order valence-electron chi connectivity index (χ2n) is 5.23. The van der Waals surface area contributed by atoms with E-state index in [-0.39, 0.29) is 6.61 Å². The Morgan fingerprint density at radius 2 is 1.35 bits per heavy atom. The lowest BCUT2D eigenvalue weighted by Crippen LogP contribution is -2.10. The van der Waals surface area contributed by atoms with E-state index in [0.717, 1.165) is 19.3 Å². The average Bonchev–Trinajstić information content (AvgIpc) is 2.34. The maximum atomic E-state index is 11.0. The van der Waals surface area contributed by atoms with Crippen molar-refractivity contribution in [1.82, 2.24) is 0 Å². The molecule has 0 spiro atoms. The van der Waals surface area contributed by atoms with Crippen LogP contribution in [0.1, 0.15) is 71.1 Å². The van der Waals surface area contributed by atoms with Crippen LogP contribution in [0.15, 0.2) is 0 Å². The van der Waals surface area contributed by atoms with Gasteiger partial charge in [-0.15, -0.1) is 0 Å². The molecule has 0 amide bonds. The molecule has 0 aromatic carbocycles. The van der Waals surface area contributed by atoms with Gasteiger partial charge >= 0.3 is 13.6 Å². The normalized spacial score (nSPS) is 11.6. The lowest BCUT2D eigenvalue weighted by Gasteiger charge is -2.06. The van der Waals surface area contributed by atoms with Crippen LogP contribution in [-0.2, 0) is 14.1 Å². The summed E-state index contributed by atoms with van der Waals surface area (Å²) in [6, 6.07) is 0. The van der Waals surface area contributed by atoms with Gasteiger partial charge in [-0.2, -0.15) is 0 Å². The van der Waals surface area contributed by atoms with E-state index in [9.17, 15) is 9.36 Å². The van der Waals surface area contributed by atoms with E-state index < -0.39 is 19.7 Å². The molecule has 0 saturated heterocycles. The number of carbonyl (C=O) groups excluding carboxylic acids is 1. The third-order valence-corrected chi connectivity index (χ3v) is 3.77. The molecule has 120 valence electrons. The molecule has 0 radical (unpaired) electrons. The molecule has 0 bridgehead atoms. The van der Waals surface area contributed by atoms with E-state index in [0.29, 0.717) is 0 Å². The van der Waals surface area contributed by atoms with Crippen molar-refractivity contribution in [2.75, 3.05) is 12.8 Å². The molecule has 0 aliphatic rings. The lowest BCUT2D eigenvalue weighted by molar-refractivity contribution is -0.140. The number of carbonyl (C=O) groups is 1. The minimum Gasteiger partial charge on any atom is -0.465 e. The molecule has 0 heterocycles. The predicted molar refractivity (Wildman–Crippen MR) is 79.7 cm³/mol. The van der Waals surface area contributed by atoms with Crippen molar-refractivity contribution in [1.29, 1.82) is 0 Å². The molecule has 0 saturated carbocycles. The summed E-state index contributed by atoms with van der Waals surface area (Å²) < 4.78 is 15.3. The summed E-state index contributed by atoms with van der Waals surface area (Å²) in [4.78, 5) is 28.2. The molecule has 0 aliphatic heterocycles. The maximum absolute atomic E-state index is 11.0. The van der Waals surface area contributed by atoms with E-state index in [4.69, 9.17) is 14.5 Å². The van der Waals surface area contributed by atoms with Gasteiger partial charge in [-0.25, -0.2) is 0 Å². The number of unbranched alkanes of at least 4 members (excludes halogenated alkanes) is 9. The van der Waals surface area contributed by atoms with Gasteiger partial charge in [-0.05, 0) is 6.42 Å². The van der Waals surface area contributed by atoms with Crippen LogP contribution in [0.4, 0.5) is 0 Å². The van der Waals surface area contributed by atoms with Crippen LogP contribution in [0.2, 0.25) is 0 Å². The minimum absolute atomic E-state index is 0.259. The van der Waals surface area contributed by atoms with Gasteiger partial charge in [-0.1, -0.05) is 64.7 Å². The van der Waals surface area contributed by atoms with Crippen molar-refractivity contribution in [3.05, 3.63) is 0 Å². The molecule has 0 atom stereocenters. The molecular formula is C14H29O5P. The fourth-order valence-corrected chi connectivity index (χ4v) is 2.42. The van der Waals surface area contributed by atoms with E-state index in [2.05, 4.69) is 6.92 Å². The topological polar surface area (TPSA) is 83.8 Å². The SMILES string of the molecule is CCCCCCCCCCCCOC(=O)CP(=O)(O)O. The van der Waals surface area contributed by atoms with E-state index in [1.807, 2.05) is 0 Å². The van der Waals surface area contributed by atoms with E-state index in [1.165, 1.54) is 44.9 Å². The zero-order chi connectivity index (χ0) is 15.3. The van der Waals surface area contributed by atoms with Gasteiger partial charge in [0.25, 0.3) is 0 Å². The zero-order valence-electron chi connectivity index (χ0n) is 12.6. The van der Waals surface area contributed by atoms with Crippen LogP contribution in [0.3, 0.4) is 0 Å². The van der Waals surface area contributed by atoms with Crippen molar-refractivity contribution < 1.29 is 23.9 Å². The Hall–Kier alpha value is -0.380. The lowest BCUT2D eigenvalue weighted by atomic mass is 10.1. The van der Waals surface area contributed by atoms with Gasteiger partial charge in [0.05, 0.1) is 6.61 Å². The van der Waals surface area contributed by atoms with Crippen molar-refractivity contribution in [3.63, 3.8) is 0 Å². The number of ether oxygens (including phenoxy) is 1. The summed E-state index contributed by atoms with van der Waals surface area (Å²) in [5, 5.41) is 0. The quantitative estimate of drug-likeness (QED) is 0.308. The summed E-state index contributed by atoms with van der Waals surface area (Å²) >= 11 is 0. The second-order valence-corrected chi connectivity index (χ2v) is 6.87. The Morgan fingerprint density at radius 1 is 0.900 bits per heavy atom. The summed E-state index contributed by atoms with van der Waals surface area (Å²) in [7, 11) is -4.28. The van der Waals surface area contributed by atoms with Gasteiger partial charge < -0.3 is 14.5 Å². The summed E-state index contributed by atoms with van der Waals surface area (Å²) in [6.45, 7) is 2.47. The summed E-state index contributed by atoms with van der Waals surface area (Å²) in [5.74, 6) is -0.811. The highest BCUT2D eigenvalue weighted by Gasteiger charge is 2.19. The van der Waals surface area contributed by atoms with Gasteiger partial charge in [0, 0.05) is 0 Å². The Labute approximate surface area is 122 Å². The van der Waals surface area contributed by atoms with Gasteiger partial charge in [-0.3, -0.25) is 9.36 Å². The Morgan fingerprint density at radius 3 is 1.80 bits per heavy atom. The molecular weight excluding hydrogens is 279 g/mol. The molecule has 6 heteroatoms. The van der Waals surface area contributed by atoms with Crippen LogP contribution >= 0.6 is 7.60 Å². The first-order valence-electron chi connectivity index (χ1n) is 7.66. The maximum Gasteiger partial charge on any atom is 0.336 e. The highest BCUT2D eigenvalue weighted by molar-refractivity contribution is 7.52. The van der Waals surface area contributed by atoms with Gasteiger partial charge in [0.2, 0.25) is 0 Å². The first-order valence-corrected chi connectivity index (χ1v) is 9.45. The van der Waals surface area contributed by atoms with Crippen LogP contribution < -0.4 is 0 Å². The molecule has 20 heavy (non-hydrogen) atoms. The summed E-state index contributed by atoms with van der Waals surface area (Å²) in [6.07, 6.45) is 11.1. The fourth-order valence-electron chi connectivity index (χ4n) is 1.99. The predicted octanol–water partition coefficient (Wildman–Crippen LogP) is 3.63. The van der Waals surface area contributed by atoms with E-state index in [1.54, 1.807) is 0 Å². The zero-order valence-corrected chi connectivity index (χ0v) is 13.4. The number of hydrogen-bond acceptors (Lipinski definition) is 3. The molecule has 5 nitrogen and oxygen atoms in total. The van der Waals surface area contributed by atoms with Crippen molar-refractivity contribution in [2.45, 2.75) is 71.1 Å². The highest BCUT2D eigenvalue weighted by Crippen LogP contribution is 2.33. The molecule has 0 aliphatic carbocycles. The van der Waals surface area contributed by atoms with Gasteiger partial charge in [0.15, 0.2) is 0 Å². The second kappa shape index (κ2) is 12.4. The summed E-state index contributed by atoms with van der Waals surface area (Å²) in [5.41, 5.74) is 0. The first-order chi connectivity index (χ1) is 9.45. The molecule has 0 rings (SSSR count). The molecule has 0 aromatic heterocycles. The number of esters is 1. The third kappa shape index (κ3) is 15.7. The molecule has 2 N–H and O–H groups in total. The van der Waals surface area contributed by atoms with Crippen LogP contribution in [0, 0.1) is 0 Å². The fraction of sp³-hybridized carbons (Fsp3) is 0.929. The largest absolute Gasteiger partial charge is 0.465 e. The first kappa shape index (κ1) is 19.6. The third-order valence-electron chi connectivity index (χ3n) is 3.10. The van der Waals surface area contributed by atoms with Crippen LogP contribution in [-0.4, -0.2) is 28.5 Å². The number of hydrogen-bond donors (Lipinski definition) is 2. The smallest absolute Gasteiger partial charge is 0.336 e. The monoisotopic (exact) mass is 308 g/mol. The average molecular weight is 308 g/mol. The van der Waals surface area contributed by atoms with Crippen molar-refractivity contribution >= 4 is 13.6 Å². The molecule has 0 aromatic rings. The number of rotatable bonds is 13. The standard InChI is InChI=1S/C14H29O5P/c1-2-3-4-5-6-7-8-9-10-11-12-19-14(15)13-20(16,17)18/h2-13H2,1H3,(H2,16,17,18). The van der Waals surface area contributed by atoms with Crippen molar-refractivity contribution in [2.24, 2.45) is 0 Å². The van der Waals surface area contributed by atoms with Gasteiger partial charge in [0.1, 0.15) is 6.16 Å². The Kier molecular flexibility index (Phi) is 12.1. The van der Waals surface area contributed by atoms with Crippen molar-refractivity contribution in [3.8, 4) is 0 Å². The highest BCUT2D eigenvalue weighted by atomic mass is 31.2. The Bertz CT molecular complexity index is 287. The van der Waals surface area contributed by atoms with E-state index >= 15 is 0 Å².